The average molecular weight is 240 g/mol. The SMILES string of the molecule is CCCN(C(=O)CCC1CCCCN1)C(C)C. The van der Waals surface area contributed by atoms with Gasteiger partial charge in [0.15, 0.2) is 0 Å². The lowest BCUT2D eigenvalue weighted by molar-refractivity contribution is -0.133. The van der Waals surface area contributed by atoms with E-state index in [1.807, 2.05) is 4.90 Å². The number of hydrogen-bond donors (Lipinski definition) is 1. The van der Waals surface area contributed by atoms with Crippen molar-refractivity contribution in [3.05, 3.63) is 0 Å². The normalized spacial score (nSPS) is 20.6. The first-order valence-corrected chi connectivity index (χ1v) is 7.18. The van der Waals surface area contributed by atoms with Gasteiger partial charge in [0, 0.05) is 25.0 Å². The van der Waals surface area contributed by atoms with Crippen LogP contribution in [0.3, 0.4) is 0 Å². The van der Waals surface area contributed by atoms with E-state index in [0.717, 1.165) is 25.9 Å². The predicted octanol–water partition coefficient (Wildman–Crippen LogP) is 2.56. The van der Waals surface area contributed by atoms with Crippen LogP contribution in [0.2, 0.25) is 0 Å². The molecule has 1 heterocycles. The topological polar surface area (TPSA) is 32.3 Å². The van der Waals surface area contributed by atoms with E-state index < -0.39 is 0 Å². The van der Waals surface area contributed by atoms with Crippen molar-refractivity contribution >= 4 is 5.91 Å². The van der Waals surface area contributed by atoms with Crippen LogP contribution in [0.5, 0.6) is 0 Å². The third-order valence-corrected chi connectivity index (χ3v) is 3.53. The highest BCUT2D eigenvalue weighted by molar-refractivity contribution is 5.76. The minimum atomic E-state index is 0.328. The molecular weight excluding hydrogens is 212 g/mol. The summed E-state index contributed by atoms with van der Waals surface area (Å²) in [6, 6.07) is 0.908. The molecule has 0 radical (unpaired) electrons. The van der Waals surface area contributed by atoms with Crippen LogP contribution in [0, 0.1) is 0 Å². The van der Waals surface area contributed by atoms with Gasteiger partial charge in [-0.2, -0.15) is 0 Å². The molecule has 0 spiro atoms. The molecule has 1 aliphatic rings. The molecule has 3 heteroatoms. The van der Waals surface area contributed by atoms with Crippen LogP contribution in [-0.4, -0.2) is 36.0 Å². The fraction of sp³-hybridized carbons (Fsp3) is 0.929. The van der Waals surface area contributed by atoms with E-state index in [1.165, 1.54) is 19.3 Å². The molecule has 1 unspecified atom stereocenters. The van der Waals surface area contributed by atoms with Gasteiger partial charge in [-0.1, -0.05) is 13.3 Å². The number of rotatable bonds is 6. The predicted molar refractivity (Wildman–Crippen MR) is 72.0 cm³/mol. The van der Waals surface area contributed by atoms with Crippen LogP contribution in [0.25, 0.3) is 0 Å². The maximum Gasteiger partial charge on any atom is 0.222 e. The molecule has 1 rings (SSSR count). The van der Waals surface area contributed by atoms with Crippen molar-refractivity contribution in [1.29, 1.82) is 0 Å². The lowest BCUT2D eigenvalue weighted by Crippen LogP contribution is -2.39. The molecule has 1 atom stereocenters. The Kier molecular flexibility index (Phi) is 6.56. The Morgan fingerprint density at radius 1 is 1.41 bits per heavy atom. The van der Waals surface area contributed by atoms with E-state index in [1.54, 1.807) is 0 Å². The van der Waals surface area contributed by atoms with Gasteiger partial charge >= 0.3 is 0 Å². The van der Waals surface area contributed by atoms with Gasteiger partial charge in [-0.15, -0.1) is 0 Å². The van der Waals surface area contributed by atoms with E-state index in [0.29, 0.717) is 24.4 Å². The Balaban J connectivity index is 2.30. The minimum Gasteiger partial charge on any atom is -0.340 e. The van der Waals surface area contributed by atoms with E-state index in [4.69, 9.17) is 0 Å². The Morgan fingerprint density at radius 3 is 2.71 bits per heavy atom. The van der Waals surface area contributed by atoms with Gasteiger partial charge < -0.3 is 10.2 Å². The zero-order valence-electron chi connectivity index (χ0n) is 11.7. The van der Waals surface area contributed by atoms with E-state index in [-0.39, 0.29) is 0 Å². The van der Waals surface area contributed by atoms with Gasteiger partial charge in [0.25, 0.3) is 0 Å². The first-order chi connectivity index (χ1) is 8.15. The molecule has 0 aromatic rings. The summed E-state index contributed by atoms with van der Waals surface area (Å²) in [4.78, 5) is 14.1. The number of carbonyl (C=O) groups is 1. The van der Waals surface area contributed by atoms with Crippen molar-refractivity contribution in [2.45, 2.75) is 71.4 Å². The van der Waals surface area contributed by atoms with Gasteiger partial charge in [-0.05, 0) is 46.1 Å². The van der Waals surface area contributed by atoms with Crippen LogP contribution in [0.4, 0.5) is 0 Å². The third-order valence-electron chi connectivity index (χ3n) is 3.53. The zero-order valence-corrected chi connectivity index (χ0v) is 11.7. The first-order valence-electron chi connectivity index (χ1n) is 7.18. The molecule has 1 amide bonds. The Bertz CT molecular complexity index is 222. The van der Waals surface area contributed by atoms with Gasteiger partial charge in [0.2, 0.25) is 5.91 Å². The number of nitrogens with zero attached hydrogens (tertiary/aromatic N) is 1. The van der Waals surface area contributed by atoms with E-state index >= 15 is 0 Å². The van der Waals surface area contributed by atoms with Crippen LogP contribution in [0.1, 0.15) is 59.3 Å². The molecule has 0 bridgehead atoms. The minimum absolute atomic E-state index is 0.328. The van der Waals surface area contributed by atoms with Crippen molar-refractivity contribution in [3.63, 3.8) is 0 Å². The monoisotopic (exact) mass is 240 g/mol. The highest BCUT2D eigenvalue weighted by Crippen LogP contribution is 2.13. The molecule has 0 aliphatic carbocycles. The summed E-state index contributed by atoms with van der Waals surface area (Å²) in [5.74, 6) is 0.328. The average Bonchev–Trinajstić information content (AvgIpc) is 2.34. The van der Waals surface area contributed by atoms with E-state index in [9.17, 15) is 4.79 Å². The smallest absolute Gasteiger partial charge is 0.222 e. The number of piperidine rings is 1. The summed E-state index contributed by atoms with van der Waals surface area (Å²) in [7, 11) is 0. The van der Waals surface area contributed by atoms with Crippen LogP contribution in [-0.2, 0) is 4.79 Å². The van der Waals surface area contributed by atoms with Crippen molar-refractivity contribution in [1.82, 2.24) is 10.2 Å². The van der Waals surface area contributed by atoms with Crippen molar-refractivity contribution in [2.75, 3.05) is 13.1 Å². The Hall–Kier alpha value is -0.570. The summed E-state index contributed by atoms with van der Waals surface area (Å²) >= 11 is 0. The molecule has 0 saturated carbocycles. The molecule has 3 nitrogen and oxygen atoms in total. The van der Waals surface area contributed by atoms with Gasteiger partial charge in [0.05, 0.1) is 0 Å². The van der Waals surface area contributed by atoms with Crippen molar-refractivity contribution in [3.8, 4) is 0 Å². The Labute approximate surface area is 106 Å². The highest BCUT2D eigenvalue weighted by Gasteiger charge is 2.18. The summed E-state index contributed by atoms with van der Waals surface area (Å²) in [5, 5.41) is 3.50. The molecule has 100 valence electrons. The van der Waals surface area contributed by atoms with Crippen LogP contribution >= 0.6 is 0 Å². The Morgan fingerprint density at radius 2 is 2.18 bits per heavy atom. The van der Waals surface area contributed by atoms with Crippen LogP contribution < -0.4 is 5.32 Å². The fourth-order valence-electron chi connectivity index (χ4n) is 2.52. The summed E-state index contributed by atoms with van der Waals surface area (Å²) in [6.07, 6.45) is 6.60. The molecule has 0 aromatic carbocycles. The third kappa shape index (κ3) is 5.07. The highest BCUT2D eigenvalue weighted by atomic mass is 16.2. The molecule has 1 saturated heterocycles. The lowest BCUT2D eigenvalue weighted by atomic mass is 10.00. The number of amides is 1. The number of nitrogens with one attached hydrogen (secondary N) is 1. The molecule has 1 N–H and O–H groups in total. The van der Waals surface area contributed by atoms with Crippen molar-refractivity contribution in [2.24, 2.45) is 0 Å². The van der Waals surface area contributed by atoms with Gasteiger partial charge in [0.1, 0.15) is 0 Å². The quantitative estimate of drug-likeness (QED) is 0.774. The second-order valence-corrected chi connectivity index (χ2v) is 5.37. The summed E-state index contributed by atoms with van der Waals surface area (Å²) in [5.41, 5.74) is 0. The largest absolute Gasteiger partial charge is 0.340 e. The summed E-state index contributed by atoms with van der Waals surface area (Å²) in [6.45, 7) is 8.36. The summed E-state index contributed by atoms with van der Waals surface area (Å²) < 4.78 is 0. The van der Waals surface area contributed by atoms with Gasteiger partial charge in [-0.3, -0.25) is 4.79 Å². The lowest BCUT2D eigenvalue weighted by Gasteiger charge is -2.28. The number of hydrogen-bond acceptors (Lipinski definition) is 2. The standard InChI is InChI=1S/C14H28N2O/c1-4-11-16(12(2)3)14(17)9-8-13-7-5-6-10-15-13/h12-13,15H,4-11H2,1-3H3. The van der Waals surface area contributed by atoms with E-state index in [2.05, 4.69) is 26.1 Å². The second-order valence-electron chi connectivity index (χ2n) is 5.37. The molecule has 17 heavy (non-hydrogen) atoms. The maximum absolute atomic E-state index is 12.1. The molecule has 1 fully saturated rings. The molecule has 1 aliphatic heterocycles. The molecule has 0 aromatic heterocycles. The second kappa shape index (κ2) is 7.70. The zero-order chi connectivity index (χ0) is 12.7. The fourth-order valence-corrected chi connectivity index (χ4v) is 2.52. The first kappa shape index (κ1) is 14.5. The van der Waals surface area contributed by atoms with Crippen molar-refractivity contribution < 1.29 is 4.79 Å². The maximum atomic E-state index is 12.1. The van der Waals surface area contributed by atoms with Gasteiger partial charge in [-0.25, -0.2) is 0 Å². The molecular formula is C14H28N2O. The van der Waals surface area contributed by atoms with Crippen LogP contribution in [0.15, 0.2) is 0 Å². The number of carbonyl (C=O) groups excluding carboxylic acids is 1.